The summed E-state index contributed by atoms with van der Waals surface area (Å²) in [6.45, 7) is 6.44. The number of anilines is 1. The van der Waals surface area contributed by atoms with Crippen molar-refractivity contribution in [2.45, 2.75) is 38.8 Å². The fourth-order valence-corrected chi connectivity index (χ4v) is 1.50. The molecule has 1 atom stereocenters. The van der Waals surface area contributed by atoms with Crippen LogP contribution >= 0.6 is 0 Å². The Labute approximate surface area is 96.9 Å². The summed E-state index contributed by atoms with van der Waals surface area (Å²) in [5.74, 6) is 0.493. The van der Waals surface area contributed by atoms with E-state index in [1.54, 1.807) is 13.1 Å². The zero-order valence-electron chi connectivity index (χ0n) is 10.2. The third kappa shape index (κ3) is 4.16. The van der Waals surface area contributed by atoms with Crippen molar-refractivity contribution in [3.8, 4) is 0 Å². The third-order valence-electron chi connectivity index (χ3n) is 2.39. The first-order chi connectivity index (χ1) is 7.41. The monoisotopic (exact) mass is 223 g/mol. The van der Waals surface area contributed by atoms with Gasteiger partial charge in [0.2, 0.25) is 0 Å². The number of nitrogens with two attached hydrogens (primary N) is 1. The molecule has 0 amide bonds. The predicted octanol–water partition coefficient (Wildman–Crippen LogP) is 0.955. The van der Waals surface area contributed by atoms with E-state index in [1.807, 2.05) is 12.1 Å². The van der Waals surface area contributed by atoms with E-state index in [-0.39, 0.29) is 0 Å². The molecule has 0 saturated carbocycles. The molecule has 1 unspecified atom stereocenters. The first kappa shape index (κ1) is 12.9. The normalized spacial score (nSPS) is 15.1. The Hall–Kier alpha value is -1.13. The zero-order valence-corrected chi connectivity index (χ0v) is 10.2. The van der Waals surface area contributed by atoms with E-state index in [9.17, 15) is 5.11 Å². The van der Waals surface area contributed by atoms with E-state index >= 15 is 0 Å². The number of nitrogens with zero attached hydrogens (tertiary/aromatic N) is 1. The van der Waals surface area contributed by atoms with Crippen molar-refractivity contribution >= 4 is 5.82 Å². The minimum atomic E-state index is -0.804. The molecule has 0 aliphatic heterocycles. The van der Waals surface area contributed by atoms with Gasteiger partial charge in [0.05, 0.1) is 5.60 Å². The number of hydrogen-bond acceptors (Lipinski definition) is 4. The zero-order chi connectivity index (χ0) is 12.2. The van der Waals surface area contributed by atoms with Crippen LogP contribution in [0.5, 0.6) is 0 Å². The highest BCUT2D eigenvalue weighted by molar-refractivity contribution is 5.39. The van der Waals surface area contributed by atoms with Crippen molar-refractivity contribution in [2.24, 2.45) is 0 Å². The first-order valence-electron chi connectivity index (χ1n) is 5.56. The summed E-state index contributed by atoms with van der Waals surface area (Å²) < 4.78 is 0. The maximum Gasteiger partial charge on any atom is 0.126 e. The van der Waals surface area contributed by atoms with Crippen LogP contribution in [0.3, 0.4) is 0 Å². The van der Waals surface area contributed by atoms with Crippen LogP contribution < -0.4 is 11.1 Å². The van der Waals surface area contributed by atoms with Crippen molar-refractivity contribution in [1.82, 2.24) is 10.3 Å². The molecule has 1 aromatic heterocycles. The van der Waals surface area contributed by atoms with Crippen LogP contribution in [0.1, 0.15) is 26.3 Å². The summed E-state index contributed by atoms with van der Waals surface area (Å²) in [6.07, 6.45) is 2.16. The average Bonchev–Trinajstić information content (AvgIpc) is 2.19. The van der Waals surface area contributed by atoms with Crippen LogP contribution in [0.2, 0.25) is 0 Å². The molecule has 0 aliphatic rings. The molecule has 0 spiro atoms. The van der Waals surface area contributed by atoms with Gasteiger partial charge in [0.25, 0.3) is 0 Å². The molecular weight excluding hydrogens is 202 g/mol. The minimum Gasteiger partial charge on any atom is -0.389 e. The van der Waals surface area contributed by atoms with Gasteiger partial charge in [-0.3, -0.25) is 0 Å². The van der Waals surface area contributed by atoms with Gasteiger partial charge in [0.1, 0.15) is 5.82 Å². The largest absolute Gasteiger partial charge is 0.389 e. The molecule has 4 nitrogen and oxygen atoms in total. The molecule has 0 bridgehead atoms. The topological polar surface area (TPSA) is 71.2 Å². The van der Waals surface area contributed by atoms with Gasteiger partial charge >= 0.3 is 0 Å². The van der Waals surface area contributed by atoms with Crippen LogP contribution in [0.15, 0.2) is 18.3 Å². The number of pyridine rings is 1. The Morgan fingerprint density at radius 2 is 2.25 bits per heavy atom. The van der Waals surface area contributed by atoms with Gasteiger partial charge in [-0.15, -0.1) is 0 Å². The van der Waals surface area contributed by atoms with Crippen molar-refractivity contribution in [3.63, 3.8) is 0 Å². The number of nitrogens with one attached hydrogen (secondary N) is 1. The molecule has 1 aromatic rings. The van der Waals surface area contributed by atoms with Gasteiger partial charge in [-0.1, -0.05) is 19.9 Å². The van der Waals surface area contributed by atoms with Crippen molar-refractivity contribution < 1.29 is 5.11 Å². The molecule has 4 heteroatoms. The van der Waals surface area contributed by atoms with Gasteiger partial charge in [-0.25, -0.2) is 4.98 Å². The number of aliphatic hydroxyl groups is 1. The lowest BCUT2D eigenvalue weighted by atomic mass is 9.96. The van der Waals surface area contributed by atoms with Gasteiger partial charge in [-0.05, 0) is 18.6 Å². The highest BCUT2D eigenvalue weighted by Crippen LogP contribution is 2.16. The second kappa shape index (κ2) is 5.27. The van der Waals surface area contributed by atoms with E-state index in [4.69, 9.17) is 5.73 Å². The summed E-state index contributed by atoms with van der Waals surface area (Å²) in [4.78, 5) is 4.00. The van der Waals surface area contributed by atoms with Crippen LogP contribution in [-0.4, -0.2) is 28.3 Å². The average molecular weight is 223 g/mol. The van der Waals surface area contributed by atoms with Crippen molar-refractivity contribution in [3.05, 3.63) is 23.9 Å². The van der Waals surface area contributed by atoms with Gasteiger partial charge in [0, 0.05) is 25.2 Å². The third-order valence-corrected chi connectivity index (χ3v) is 2.39. The lowest BCUT2D eigenvalue weighted by Gasteiger charge is -2.25. The Kier molecular flexibility index (Phi) is 4.26. The van der Waals surface area contributed by atoms with Crippen molar-refractivity contribution in [1.29, 1.82) is 0 Å². The van der Waals surface area contributed by atoms with E-state index in [0.717, 1.165) is 5.56 Å². The standard InChI is InChI=1S/C12H21N3O/c1-9(2)15-8-12(3,16)7-10-5-4-6-14-11(10)13/h4-6,9,15-16H,7-8H2,1-3H3,(H2,13,14). The van der Waals surface area contributed by atoms with Crippen LogP contribution in [-0.2, 0) is 6.42 Å². The molecule has 0 aromatic carbocycles. The number of nitrogen functional groups attached to an aromatic ring is 1. The molecule has 16 heavy (non-hydrogen) atoms. The SMILES string of the molecule is CC(C)NCC(C)(O)Cc1cccnc1N. The van der Waals surface area contributed by atoms with Crippen LogP contribution in [0.25, 0.3) is 0 Å². The fourth-order valence-electron chi connectivity index (χ4n) is 1.50. The van der Waals surface area contributed by atoms with Gasteiger partial charge < -0.3 is 16.2 Å². The molecule has 4 N–H and O–H groups in total. The van der Waals surface area contributed by atoms with E-state index < -0.39 is 5.60 Å². The molecule has 0 fully saturated rings. The summed E-state index contributed by atoms with van der Waals surface area (Å²) in [5.41, 5.74) is 5.82. The fraction of sp³-hybridized carbons (Fsp3) is 0.583. The minimum absolute atomic E-state index is 0.359. The van der Waals surface area contributed by atoms with E-state index in [2.05, 4.69) is 24.1 Å². The molecule has 1 heterocycles. The maximum atomic E-state index is 10.2. The van der Waals surface area contributed by atoms with Crippen molar-refractivity contribution in [2.75, 3.05) is 12.3 Å². The van der Waals surface area contributed by atoms with Gasteiger partial charge in [-0.2, -0.15) is 0 Å². The lowest BCUT2D eigenvalue weighted by Crippen LogP contribution is -2.42. The Balaban J connectivity index is 2.62. The quantitative estimate of drug-likeness (QED) is 0.695. The summed E-state index contributed by atoms with van der Waals surface area (Å²) in [6, 6.07) is 4.09. The van der Waals surface area contributed by atoms with Gasteiger partial charge in [0.15, 0.2) is 0 Å². The summed E-state index contributed by atoms with van der Waals surface area (Å²) >= 11 is 0. The Bertz CT molecular complexity index is 337. The summed E-state index contributed by atoms with van der Waals surface area (Å²) in [7, 11) is 0. The Morgan fingerprint density at radius 1 is 1.56 bits per heavy atom. The predicted molar refractivity (Wildman–Crippen MR) is 66.1 cm³/mol. The molecular formula is C12H21N3O. The van der Waals surface area contributed by atoms with Crippen LogP contribution in [0.4, 0.5) is 5.82 Å². The molecule has 0 radical (unpaired) electrons. The Morgan fingerprint density at radius 3 is 2.81 bits per heavy atom. The second-order valence-corrected chi connectivity index (χ2v) is 4.76. The first-order valence-corrected chi connectivity index (χ1v) is 5.56. The second-order valence-electron chi connectivity index (χ2n) is 4.76. The smallest absolute Gasteiger partial charge is 0.126 e. The maximum absolute atomic E-state index is 10.2. The summed E-state index contributed by atoms with van der Waals surface area (Å²) in [5, 5.41) is 13.4. The molecule has 0 saturated heterocycles. The number of aromatic nitrogens is 1. The molecule has 1 rings (SSSR count). The highest BCUT2D eigenvalue weighted by Gasteiger charge is 2.22. The molecule has 90 valence electrons. The number of rotatable bonds is 5. The van der Waals surface area contributed by atoms with E-state index in [1.165, 1.54) is 0 Å². The van der Waals surface area contributed by atoms with E-state index in [0.29, 0.717) is 24.8 Å². The lowest BCUT2D eigenvalue weighted by molar-refractivity contribution is 0.0582. The van der Waals surface area contributed by atoms with Crippen LogP contribution in [0, 0.1) is 0 Å². The number of hydrogen-bond donors (Lipinski definition) is 3. The molecule has 0 aliphatic carbocycles. The highest BCUT2D eigenvalue weighted by atomic mass is 16.3.